The number of aromatic nitrogens is 1. The van der Waals surface area contributed by atoms with E-state index in [2.05, 4.69) is 10.3 Å². The van der Waals surface area contributed by atoms with Gasteiger partial charge in [0.15, 0.2) is 0 Å². The van der Waals surface area contributed by atoms with E-state index in [4.69, 9.17) is 1.37 Å². The van der Waals surface area contributed by atoms with Crippen molar-refractivity contribution in [3.63, 3.8) is 0 Å². The summed E-state index contributed by atoms with van der Waals surface area (Å²) in [7, 11) is 0. The Kier molecular flexibility index (Phi) is 2.37. The number of fused-ring (bicyclic) bond motifs is 1. The van der Waals surface area contributed by atoms with Crippen molar-refractivity contribution in [2.45, 2.75) is 0 Å². The van der Waals surface area contributed by atoms with Gasteiger partial charge in [0.1, 0.15) is 5.82 Å². The number of nitrogens with one attached hydrogen (secondary N) is 1. The van der Waals surface area contributed by atoms with Crippen LogP contribution < -0.4 is 5.32 Å². The van der Waals surface area contributed by atoms with E-state index in [1.807, 2.05) is 24.3 Å². The van der Waals surface area contributed by atoms with E-state index < -0.39 is 0 Å². The fourth-order valence-electron chi connectivity index (χ4n) is 1.82. The van der Waals surface area contributed by atoms with E-state index in [1.165, 1.54) is 18.3 Å². The average Bonchev–Trinajstić information content (AvgIpc) is 2.44. The van der Waals surface area contributed by atoms with Gasteiger partial charge in [0.05, 0.1) is 6.89 Å². The molecule has 3 aromatic rings. The van der Waals surface area contributed by atoms with E-state index in [0.717, 1.165) is 16.6 Å². The van der Waals surface area contributed by atoms with Gasteiger partial charge >= 0.3 is 0 Å². The molecule has 0 spiro atoms. The van der Waals surface area contributed by atoms with Crippen LogP contribution in [-0.4, -0.2) is 4.98 Å². The summed E-state index contributed by atoms with van der Waals surface area (Å²) in [6, 6.07) is 14.0. The van der Waals surface area contributed by atoms with Crippen molar-refractivity contribution in [1.29, 1.82) is 0 Å². The molecule has 0 aliphatic rings. The molecule has 0 amide bonds. The number of pyridine rings is 1. The monoisotopic (exact) mass is 239 g/mol. The second-order valence-corrected chi connectivity index (χ2v) is 3.93. The number of hydrogen-bond donors (Lipinski definition) is 1. The Bertz CT molecular complexity index is 726. The van der Waals surface area contributed by atoms with Crippen LogP contribution in [0.1, 0.15) is 1.37 Å². The minimum Gasteiger partial charge on any atom is -0.355 e. The second-order valence-electron chi connectivity index (χ2n) is 3.93. The zero-order chi connectivity index (χ0) is 13.2. The maximum atomic E-state index is 12.9. The molecule has 2 nitrogen and oxygen atoms in total. The SMILES string of the molecule is [2H]c1cnc2ccccc2c1Nc1ccc(F)cc1. The lowest BCUT2D eigenvalue weighted by atomic mass is 10.2. The van der Waals surface area contributed by atoms with Crippen LogP contribution in [0.2, 0.25) is 0 Å². The molecule has 0 fully saturated rings. The predicted octanol–water partition coefficient (Wildman–Crippen LogP) is 4.12. The molecule has 1 heterocycles. The molecular weight excluding hydrogens is 227 g/mol. The molecule has 0 aliphatic carbocycles. The smallest absolute Gasteiger partial charge is 0.123 e. The van der Waals surface area contributed by atoms with Gasteiger partial charge in [0.25, 0.3) is 0 Å². The van der Waals surface area contributed by atoms with Gasteiger partial charge in [-0.1, -0.05) is 18.2 Å². The summed E-state index contributed by atoms with van der Waals surface area (Å²) in [5, 5.41) is 4.02. The third kappa shape index (κ3) is 2.02. The van der Waals surface area contributed by atoms with Crippen LogP contribution in [0.3, 0.4) is 0 Å². The van der Waals surface area contributed by atoms with Gasteiger partial charge in [0, 0.05) is 23.0 Å². The van der Waals surface area contributed by atoms with Crippen LogP contribution in [-0.2, 0) is 0 Å². The highest BCUT2D eigenvalue weighted by Crippen LogP contribution is 2.24. The van der Waals surface area contributed by atoms with Crippen molar-refractivity contribution < 1.29 is 5.76 Å². The summed E-state index contributed by atoms with van der Waals surface area (Å²) in [5.74, 6) is -0.281. The molecule has 0 saturated carbocycles. The third-order valence-electron chi connectivity index (χ3n) is 2.70. The Labute approximate surface area is 106 Å². The third-order valence-corrected chi connectivity index (χ3v) is 2.70. The van der Waals surface area contributed by atoms with E-state index >= 15 is 0 Å². The van der Waals surface area contributed by atoms with E-state index in [1.54, 1.807) is 12.1 Å². The van der Waals surface area contributed by atoms with Crippen LogP contribution in [0.5, 0.6) is 0 Å². The molecule has 1 N–H and O–H groups in total. The van der Waals surface area contributed by atoms with Crippen molar-refractivity contribution >= 4 is 22.3 Å². The number of anilines is 2. The van der Waals surface area contributed by atoms with Gasteiger partial charge < -0.3 is 5.32 Å². The first-order valence-electron chi connectivity index (χ1n) is 6.11. The molecule has 3 rings (SSSR count). The summed E-state index contributed by atoms with van der Waals surface area (Å²) in [6.07, 6.45) is 1.51. The van der Waals surface area contributed by atoms with Gasteiger partial charge in [-0.05, 0) is 36.4 Å². The lowest BCUT2D eigenvalue weighted by Gasteiger charge is -2.09. The average molecular weight is 239 g/mol. The van der Waals surface area contributed by atoms with Crippen LogP contribution in [0, 0.1) is 5.82 Å². The molecule has 0 bridgehead atoms. The first-order valence-corrected chi connectivity index (χ1v) is 5.61. The first kappa shape index (κ1) is 9.59. The Morgan fingerprint density at radius 3 is 2.67 bits per heavy atom. The number of halogens is 1. The molecule has 0 unspecified atom stereocenters. The maximum absolute atomic E-state index is 12.9. The molecule has 88 valence electrons. The summed E-state index contributed by atoms with van der Waals surface area (Å²) in [6.45, 7) is 0. The molecule has 0 aliphatic heterocycles. The number of nitrogens with zero attached hydrogens (tertiary/aromatic N) is 1. The Balaban J connectivity index is 2.09. The standard InChI is InChI=1S/C15H11FN2/c16-11-5-7-12(8-6-11)18-15-9-10-17-14-4-2-1-3-13(14)15/h1-10H,(H,17,18)/i9D. The summed E-state index contributed by atoms with van der Waals surface area (Å²) < 4.78 is 20.8. The van der Waals surface area contributed by atoms with Crippen LogP contribution >= 0.6 is 0 Å². The lowest BCUT2D eigenvalue weighted by molar-refractivity contribution is 0.628. The fraction of sp³-hybridized carbons (Fsp3) is 0. The van der Waals surface area contributed by atoms with E-state index in [0.29, 0.717) is 11.7 Å². The number of hydrogen-bond acceptors (Lipinski definition) is 2. The highest BCUT2D eigenvalue weighted by Gasteiger charge is 2.01. The lowest BCUT2D eigenvalue weighted by Crippen LogP contribution is -1.92. The van der Waals surface area contributed by atoms with Crippen molar-refractivity contribution in [3.05, 3.63) is 66.6 Å². The highest BCUT2D eigenvalue weighted by atomic mass is 19.1. The van der Waals surface area contributed by atoms with Gasteiger partial charge in [-0.3, -0.25) is 4.98 Å². The zero-order valence-corrected chi connectivity index (χ0v) is 9.52. The number of rotatable bonds is 2. The minimum atomic E-state index is -0.281. The first-order chi connectivity index (χ1) is 9.24. The van der Waals surface area contributed by atoms with Crippen LogP contribution in [0.4, 0.5) is 15.8 Å². The Morgan fingerprint density at radius 2 is 1.83 bits per heavy atom. The molecule has 18 heavy (non-hydrogen) atoms. The number of para-hydroxylation sites is 1. The van der Waals surface area contributed by atoms with E-state index in [9.17, 15) is 4.39 Å². The van der Waals surface area contributed by atoms with Crippen molar-refractivity contribution in [2.75, 3.05) is 5.32 Å². The quantitative estimate of drug-likeness (QED) is 0.727. The largest absolute Gasteiger partial charge is 0.355 e. The van der Waals surface area contributed by atoms with E-state index in [-0.39, 0.29) is 5.82 Å². The van der Waals surface area contributed by atoms with Gasteiger partial charge in [-0.25, -0.2) is 4.39 Å². The van der Waals surface area contributed by atoms with Crippen molar-refractivity contribution in [1.82, 2.24) is 4.98 Å². The summed E-state index contributed by atoms with van der Waals surface area (Å²) >= 11 is 0. The predicted molar refractivity (Wildman–Crippen MR) is 71.4 cm³/mol. The zero-order valence-electron chi connectivity index (χ0n) is 10.5. The molecule has 0 saturated heterocycles. The highest BCUT2D eigenvalue weighted by molar-refractivity contribution is 5.92. The summed E-state index contributed by atoms with van der Waals surface area (Å²) in [5.41, 5.74) is 2.24. The normalized spacial score (nSPS) is 11.3. The van der Waals surface area contributed by atoms with Crippen LogP contribution in [0.15, 0.2) is 60.8 Å². The molecule has 0 radical (unpaired) electrons. The Hall–Kier alpha value is -2.42. The van der Waals surface area contributed by atoms with Crippen molar-refractivity contribution in [3.8, 4) is 0 Å². The second kappa shape index (κ2) is 4.45. The fourth-order valence-corrected chi connectivity index (χ4v) is 1.82. The maximum Gasteiger partial charge on any atom is 0.123 e. The van der Waals surface area contributed by atoms with Gasteiger partial charge in [-0.15, -0.1) is 0 Å². The molecule has 2 aromatic carbocycles. The van der Waals surface area contributed by atoms with Crippen LogP contribution in [0.25, 0.3) is 10.9 Å². The van der Waals surface area contributed by atoms with Crippen molar-refractivity contribution in [2.24, 2.45) is 0 Å². The molecule has 1 aromatic heterocycles. The minimum absolute atomic E-state index is 0.281. The Morgan fingerprint density at radius 1 is 1.06 bits per heavy atom. The number of benzene rings is 2. The molecular formula is C15H11FN2. The van der Waals surface area contributed by atoms with Gasteiger partial charge in [-0.2, -0.15) is 0 Å². The topological polar surface area (TPSA) is 24.9 Å². The molecule has 3 heteroatoms. The summed E-state index contributed by atoms with van der Waals surface area (Å²) in [4.78, 5) is 4.21. The van der Waals surface area contributed by atoms with Gasteiger partial charge in [0.2, 0.25) is 0 Å². The molecule has 0 atom stereocenters.